The molecule has 2 rings (SSSR count). The zero-order valence-corrected chi connectivity index (χ0v) is 19.1. The van der Waals surface area contributed by atoms with Crippen LogP contribution in [0.2, 0.25) is 0 Å². The third-order valence-corrected chi connectivity index (χ3v) is 4.92. The molecule has 1 heterocycles. The Hall–Kier alpha value is -1.62. The van der Waals surface area contributed by atoms with E-state index < -0.39 is 9.84 Å². The Bertz CT molecular complexity index is 821. The standard InChI is InChI=1S/C18H27N5O2S.HI/c1-15(9-12-26(3,24)25)22-18(19-2)21-13-17-20-10-11-23(17)14-16-7-5-4-6-8-16;/h4-8,10-11,15H,9,12-14H2,1-3H3,(H2,19,21,22);1H. The minimum absolute atomic E-state index is 0. The lowest BCUT2D eigenvalue weighted by Gasteiger charge is -2.18. The van der Waals surface area contributed by atoms with Crippen LogP contribution in [0.4, 0.5) is 0 Å². The molecule has 0 bridgehead atoms. The van der Waals surface area contributed by atoms with Gasteiger partial charge >= 0.3 is 0 Å². The van der Waals surface area contributed by atoms with E-state index in [0.29, 0.717) is 18.9 Å². The van der Waals surface area contributed by atoms with Gasteiger partial charge in [0.2, 0.25) is 0 Å². The Morgan fingerprint density at radius 1 is 1.30 bits per heavy atom. The van der Waals surface area contributed by atoms with Gasteiger partial charge in [-0.2, -0.15) is 0 Å². The third-order valence-electron chi connectivity index (χ3n) is 3.94. The van der Waals surface area contributed by atoms with Gasteiger partial charge in [-0.3, -0.25) is 4.99 Å². The van der Waals surface area contributed by atoms with Crippen LogP contribution in [0.5, 0.6) is 0 Å². The lowest BCUT2D eigenvalue weighted by Crippen LogP contribution is -2.42. The Kier molecular flexibility index (Phi) is 9.78. The number of rotatable bonds is 8. The quantitative estimate of drug-likeness (QED) is 0.326. The second-order valence-corrected chi connectivity index (χ2v) is 8.61. The molecule has 0 fully saturated rings. The average Bonchev–Trinajstić information content (AvgIpc) is 3.04. The van der Waals surface area contributed by atoms with Crippen molar-refractivity contribution in [3.8, 4) is 0 Å². The predicted octanol–water partition coefficient (Wildman–Crippen LogP) is 2.04. The van der Waals surface area contributed by atoms with Crippen molar-refractivity contribution in [3.05, 3.63) is 54.1 Å². The topological polar surface area (TPSA) is 88.4 Å². The van der Waals surface area contributed by atoms with Crippen molar-refractivity contribution < 1.29 is 8.42 Å². The molecule has 0 aliphatic rings. The summed E-state index contributed by atoms with van der Waals surface area (Å²) in [6.07, 6.45) is 5.52. The molecular formula is C18H28IN5O2S. The molecule has 7 nitrogen and oxygen atoms in total. The van der Waals surface area contributed by atoms with Gasteiger partial charge in [0.05, 0.1) is 12.3 Å². The molecule has 0 radical (unpaired) electrons. The molecule has 0 aliphatic heterocycles. The monoisotopic (exact) mass is 505 g/mol. The van der Waals surface area contributed by atoms with Gasteiger partial charge in [-0.1, -0.05) is 30.3 Å². The second-order valence-electron chi connectivity index (χ2n) is 6.35. The molecule has 0 amide bonds. The first-order chi connectivity index (χ1) is 12.4. The molecule has 150 valence electrons. The number of aromatic nitrogens is 2. The Morgan fingerprint density at radius 2 is 2.00 bits per heavy atom. The number of hydrogen-bond donors (Lipinski definition) is 2. The number of imidazole rings is 1. The van der Waals surface area contributed by atoms with Gasteiger partial charge < -0.3 is 15.2 Å². The van der Waals surface area contributed by atoms with E-state index in [1.807, 2.05) is 31.3 Å². The van der Waals surface area contributed by atoms with Gasteiger partial charge in [-0.25, -0.2) is 13.4 Å². The number of halogens is 1. The smallest absolute Gasteiger partial charge is 0.191 e. The van der Waals surface area contributed by atoms with Gasteiger partial charge in [0.25, 0.3) is 0 Å². The number of aliphatic imine (C=N–C) groups is 1. The molecule has 9 heteroatoms. The van der Waals surface area contributed by atoms with Crippen LogP contribution in [0.3, 0.4) is 0 Å². The largest absolute Gasteiger partial charge is 0.354 e. The highest BCUT2D eigenvalue weighted by atomic mass is 127. The summed E-state index contributed by atoms with van der Waals surface area (Å²) in [6.45, 7) is 3.22. The van der Waals surface area contributed by atoms with E-state index in [2.05, 4.69) is 37.3 Å². The van der Waals surface area contributed by atoms with Crippen LogP contribution < -0.4 is 10.6 Å². The molecule has 0 spiro atoms. The van der Waals surface area contributed by atoms with Crippen LogP contribution in [0, 0.1) is 0 Å². The maximum Gasteiger partial charge on any atom is 0.191 e. The Labute approximate surface area is 178 Å². The molecule has 27 heavy (non-hydrogen) atoms. The highest BCUT2D eigenvalue weighted by molar-refractivity contribution is 14.0. The molecule has 0 saturated heterocycles. The maximum atomic E-state index is 11.3. The highest BCUT2D eigenvalue weighted by Gasteiger charge is 2.10. The van der Waals surface area contributed by atoms with Gasteiger partial charge in [0, 0.05) is 38.3 Å². The van der Waals surface area contributed by atoms with Crippen molar-refractivity contribution in [2.24, 2.45) is 4.99 Å². The summed E-state index contributed by atoms with van der Waals surface area (Å²) in [6, 6.07) is 10.2. The van der Waals surface area contributed by atoms with Crippen LogP contribution in [-0.2, 0) is 22.9 Å². The van der Waals surface area contributed by atoms with E-state index in [-0.39, 0.29) is 35.8 Å². The lowest BCUT2D eigenvalue weighted by atomic mass is 10.2. The van der Waals surface area contributed by atoms with Crippen LogP contribution >= 0.6 is 24.0 Å². The number of nitrogens with one attached hydrogen (secondary N) is 2. The van der Waals surface area contributed by atoms with E-state index >= 15 is 0 Å². The summed E-state index contributed by atoms with van der Waals surface area (Å²) in [4.78, 5) is 8.60. The fraction of sp³-hybridized carbons (Fsp3) is 0.444. The molecule has 0 saturated carbocycles. The van der Waals surface area contributed by atoms with Crippen molar-refractivity contribution in [1.29, 1.82) is 0 Å². The van der Waals surface area contributed by atoms with Crippen molar-refractivity contribution in [2.75, 3.05) is 19.1 Å². The second kappa shape index (κ2) is 11.3. The van der Waals surface area contributed by atoms with Crippen molar-refractivity contribution >= 4 is 39.8 Å². The lowest BCUT2D eigenvalue weighted by molar-refractivity contribution is 0.580. The molecule has 1 unspecified atom stereocenters. The zero-order valence-electron chi connectivity index (χ0n) is 15.9. The zero-order chi connectivity index (χ0) is 19.0. The third kappa shape index (κ3) is 8.74. The molecule has 1 aromatic heterocycles. The number of guanidine groups is 1. The summed E-state index contributed by atoms with van der Waals surface area (Å²) in [7, 11) is -1.27. The molecule has 1 atom stereocenters. The van der Waals surface area contributed by atoms with Gasteiger partial charge in [-0.15, -0.1) is 24.0 Å². The molecule has 1 aromatic carbocycles. The first kappa shape index (κ1) is 23.4. The summed E-state index contributed by atoms with van der Waals surface area (Å²) in [5.74, 6) is 1.68. The van der Waals surface area contributed by atoms with Crippen molar-refractivity contribution in [1.82, 2.24) is 20.2 Å². The summed E-state index contributed by atoms with van der Waals surface area (Å²) in [5.41, 5.74) is 1.21. The van der Waals surface area contributed by atoms with Crippen molar-refractivity contribution in [3.63, 3.8) is 0 Å². The van der Waals surface area contributed by atoms with Gasteiger partial charge in [0.15, 0.2) is 5.96 Å². The molecule has 2 N–H and O–H groups in total. The van der Waals surface area contributed by atoms with E-state index in [1.54, 1.807) is 13.2 Å². The molecular weight excluding hydrogens is 477 g/mol. The predicted molar refractivity (Wildman–Crippen MR) is 120 cm³/mol. The summed E-state index contributed by atoms with van der Waals surface area (Å²) < 4.78 is 24.6. The van der Waals surface area contributed by atoms with Crippen LogP contribution in [0.25, 0.3) is 0 Å². The van der Waals surface area contributed by atoms with E-state index in [4.69, 9.17) is 0 Å². The van der Waals surface area contributed by atoms with E-state index in [9.17, 15) is 8.42 Å². The van der Waals surface area contributed by atoms with Crippen LogP contribution in [0.15, 0.2) is 47.7 Å². The van der Waals surface area contributed by atoms with E-state index in [1.165, 1.54) is 11.8 Å². The summed E-state index contributed by atoms with van der Waals surface area (Å²) in [5, 5.41) is 6.44. The molecule has 0 aliphatic carbocycles. The summed E-state index contributed by atoms with van der Waals surface area (Å²) >= 11 is 0. The number of nitrogens with zero attached hydrogens (tertiary/aromatic N) is 3. The molecule has 2 aromatic rings. The normalized spacial score (nSPS) is 12.9. The Morgan fingerprint density at radius 3 is 2.63 bits per heavy atom. The fourth-order valence-electron chi connectivity index (χ4n) is 2.49. The minimum atomic E-state index is -2.96. The minimum Gasteiger partial charge on any atom is -0.354 e. The fourth-order valence-corrected chi connectivity index (χ4v) is 3.27. The van der Waals surface area contributed by atoms with Crippen molar-refractivity contribution in [2.45, 2.75) is 32.5 Å². The average molecular weight is 505 g/mol. The number of hydrogen-bond acceptors (Lipinski definition) is 4. The van der Waals surface area contributed by atoms with Crippen LogP contribution in [-0.4, -0.2) is 49.0 Å². The Balaban J connectivity index is 0.00000364. The van der Waals surface area contributed by atoms with Crippen LogP contribution in [0.1, 0.15) is 24.7 Å². The highest BCUT2D eigenvalue weighted by Crippen LogP contribution is 2.05. The van der Waals surface area contributed by atoms with E-state index in [0.717, 1.165) is 12.4 Å². The SMILES string of the molecule is CN=C(NCc1nccn1Cc1ccccc1)NC(C)CCS(C)(=O)=O.I. The number of benzene rings is 1. The maximum absolute atomic E-state index is 11.3. The van der Waals surface area contributed by atoms with Gasteiger partial charge in [0.1, 0.15) is 15.7 Å². The number of sulfone groups is 1. The first-order valence-corrected chi connectivity index (χ1v) is 10.6. The first-order valence-electron chi connectivity index (χ1n) is 8.56. The van der Waals surface area contributed by atoms with Gasteiger partial charge in [-0.05, 0) is 18.9 Å².